The molecular formula is C57H110O6. The summed E-state index contributed by atoms with van der Waals surface area (Å²) in [7, 11) is 0. The van der Waals surface area contributed by atoms with E-state index in [0.29, 0.717) is 19.3 Å². The summed E-state index contributed by atoms with van der Waals surface area (Å²) in [5.41, 5.74) is 0. The van der Waals surface area contributed by atoms with Gasteiger partial charge in [-0.1, -0.05) is 279 Å². The second-order valence-electron chi connectivity index (χ2n) is 20.3. The third-order valence-corrected chi connectivity index (χ3v) is 13.3. The zero-order valence-corrected chi connectivity index (χ0v) is 43.2. The van der Waals surface area contributed by atoms with Crippen LogP contribution in [0.15, 0.2) is 0 Å². The minimum atomic E-state index is -0.762. The highest BCUT2D eigenvalue weighted by Crippen LogP contribution is 2.18. The standard InChI is InChI=1S/C57H110O6/c1-6-8-9-10-11-12-13-14-15-19-22-27-32-37-42-47-55(58)61-50-54(63-57(60)49-44-39-34-29-24-25-30-35-40-45-52(3)4)51-62-56(59)48-43-38-33-28-23-20-17-16-18-21-26-31-36-41-46-53(5)7-2/h52-54H,6-51H2,1-5H3/t53?,54-/m0/s1. The molecule has 0 aromatic heterocycles. The topological polar surface area (TPSA) is 78.9 Å². The minimum Gasteiger partial charge on any atom is -0.462 e. The van der Waals surface area contributed by atoms with Gasteiger partial charge in [-0.25, -0.2) is 0 Å². The molecule has 0 aliphatic rings. The highest BCUT2D eigenvalue weighted by Gasteiger charge is 2.19. The number of unbranched alkanes of at least 4 members (excludes halogenated alkanes) is 35. The second-order valence-corrected chi connectivity index (χ2v) is 20.3. The zero-order chi connectivity index (χ0) is 46.1. The Morgan fingerprint density at radius 3 is 0.905 bits per heavy atom. The Kier molecular flexibility index (Phi) is 48.6. The van der Waals surface area contributed by atoms with E-state index >= 15 is 0 Å². The number of esters is 3. The van der Waals surface area contributed by atoms with Crippen molar-refractivity contribution in [3.63, 3.8) is 0 Å². The van der Waals surface area contributed by atoms with Crippen LogP contribution in [0, 0.1) is 11.8 Å². The molecule has 0 fully saturated rings. The Morgan fingerprint density at radius 1 is 0.333 bits per heavy atom. The van der Waals surface area contributed by atoms with Gasteiger partial charge in [-0.15, -0.1) is 0 Å². The number of hydrogen-bond acceptors (Lipinski definition) is 6. The molecule has 0 rings (SSSR count). The van der Waals surface area contributed by atoms with Crippen LogP contribution < -0.4 is 0 Å². The quantitative estimate of drug-likeness (QED) is 0.0344. The largest absolute Gasteiger partial charge is 0.462 e. The van der Waals surface area contributed by atoms with Crippen molar-refractivity contribution in [1.29, 1.82) is 0 Å². The molecule has 0 aromatic rings. The van der Waals surface area contributed by atoms with Gasteiger partial charge in [0.15, 0.2) is 6.10 Å². The summed E-state index contributed by atoms with van der Waals surface area (Å²) >= 11 is 0. The number of carbonyl (C=O) groups excluding carboxylic acids is 3. The number of ether oxygens (including phenoxy) is 3. The first-order chi connectivity index (χ1) is 30.8. The molecular weight excluding hydrogens is 781 g/mol. The van der Waals surface area contributed by atoms with Crippen molar-refractivity contribution in [3.05, 3.63) is 0 Å². The number of carbonyl (C=O) groups is 3. The van der Waals surface area contributed by atoms with Crippen molar-refractivity contribution in [2.45, 2.75) is 323 Å². The lowest BCUT2D eigenvalue weighted by atomic mass is 9.99. The van der Waals surface area contributed by atoms with E-state index in [2.05, 4.69) is 34.6 Å². The SMILES string of the molecule is CCCCCCCCCCCCCCCCCC(=O)OC[C@@H](COC(=O)CCCCCCCCCCCCCCCCC(C)CC)OC(=O)CCCCCCCCCCCC(C)C. The van der Waals surface area contributed by atoms with Gasteiger partial charge in [0.05, 0.1) is 0 Å². The molecule has 0 aliphatic heterocycles. The molecule has 374 valence electrons. The first-order valence-corrected chi connectivity index (χ1v) is 28.3. The fourth-order valence-corrected chi connectivity index (χ4v) is 8.66. The predicted octanol–water partition coefficient (Wildman–Crippen LogP) is 18.5. The van der Waals surface area contributed by atoms with Gasteiger partial charge in [0, 0.05) is 19.3 Å². The molecule has 6 nitrogen and oxygen atoms in total. The van der Waals surface area contributed by atoms with E-state index < -0.39 is 6.10 Å². The molecule has 63 heavy (non-hydrogen) atoms. The molecule has 0 radical (unpaired) electrons. The van der Waals surface area contributed by atoms with Gasteiger partial charge >= 0.3 is 17.9 Å². The Hall–Kier alpha value is -1.59. The Balaban J connectivity index is 4.27. The molecule has 0 aliphatic carbocycles. The predicted molar refractivity (Wildman–Crippen MR) is 270 cm³/mol. The zero-order valence-electron chi connectivity index (χ0n) is 43.2. The van der Waals surface area contributed by atoms with Crippen LogP contribution in [0.25, 0.3) is 0 Å². The lowest BCUT2D eigenvalue weighted by Crippen LogP contribution is -2.30. The fraction of sp³-hybridized carbons (Fsp3) is 0.947. The third kappa shape index (κ3) is 49.7. The normalized spacial score (nSPS) is 12.5. The molecule has 0 saturated heterocycles. The highest BCUT2D eigenvalue weighted by atomic mass is 16.6. The maximum absolute atomic E-state index is 12.8. The summed E-state index contributed by atoms with van der Waals surface area (Å²) in [5, 5.41) is 0. The van der Waals surface area contributed by atoms with Gasteiger partial charge in [-0.3, -0.25) is 14.4 Å². The highest BCUT2D eigenvalue weighted by molar-refractivity contribution is 5.71. The van der Waals surface area contributed by atoms with Gasteiger partial charge in [0.25, 0.3) is 0 Å². The average Bonchev–Trinajstić information content (AvgIpc) is 3.27. The molecule has 0 aromatic carbocycles. The van der Waals surface area contributed by atoms with Gasteiger partial charge in [0.1, 0.15) is 13.2 Å². The average molecular weight is 892 g/mol. The van der Waals surface area contributed by atoms with E-state index in [1.165, 1.54) is 205 Å². The summed E-state index contributed by atoms with van der Waals surface area (Å²) in [6.07, 6.45) is 52.3. The number of hydrogen-bond donors (Lipinski definition) is 0. The van der Waals surface area contributed by atoms with Gasteiger partial charge in [0.2, 0.25) is 0 Å². The van der Waals surface area contributed by atoms with E-state index in [-0.39, 0.29) is 31.1 Å². The summed E-state index contributed by atoms with van der Waals surface area (Å²) in [6.45, 7) is 11.4. The lowest BCUT2D eigenvalue weighted by Gasteiger charge is -2.18. The number of rotatable bonds is 51. The Morgan fingerprint density at radius 2 is 0.603 bits per heavy atom. The lowest BCUT2D eigenvalue weighted by molar-refractivity contribution is -0.167. The van der Waals surface area contributed by atoms with Crippen molar-refractivity contribution in [2.75, 3.05) is 13.2 Å². The van der Waals surface area contributed by atoms with Crippen LogP contribution >= 0.6 is 0 Å². The van der Waals surface area contributed by atoms with Crippen LogP contribution in [0.3, 0.4) is 0 Å². The van der Waals surface area contributed by atoms with Crippen molar-refractivity contribution < 1.29 is 28.6 Å². The first kappa shape index (κ1) is 61.4. The first-order valence-electron chi connectivity index (χ1n) is 28.3. The van der Waals surface area contributed by atoms with Crippen LogP contribution in [-0.2, 0) is 28.6 Å². The Bertz CT molecular complexity index is 964. The monoisotopic (exact) mass is 891 g/mol. The molecule has 0 amide bonds. The fourth-order valence-electron chi connectivity index (χ4n) is 8.66. The van der Waals surface area contributed by atoms with Gasteiger partial charge < -0.3 is 14.2 Å². The van der Waals surface area contributed by atoms with Gasteiger partial charge in [-0.2, -0.15) is 0 Å². The van der Waals surface area contributed by atoms with Crippen LogP contribution in [0.2, 0.25) is 0 Å². The van der Waals surface area contributed by atoms with Crippen molar-refractivity contribution in [2.24, 2.45) is 11.8 Å². The second kappa shape index (κ2) is 49.8. The summed E-state index contributed by atoms with van der Waals surface area (Å²) in [4.78, 5) is 38.1. The van der Waals surface area contributed by atoms with Crippen molar-refractivity contribution in [3.8, 4) is 0 Å². The minimum absolute atomic E-state index is 0.0632. The van der Waals surface area contributed by atoms with E-state index in [9.17, 15) is 14.4 Å². The molecule has 6 heteroatoms. The van der Waals surface area contributed by atoms with E-state index in [4.69, 9.17) is 14.2 Å². The molecule has 0 heterocycles. The molecule has 0 saturated carbocycles. The third-order valence-electron chi connectivity index (χ3n) is 13.3. The van der Waals surface area contributed by atoms with Crippen LogP contribution in [0.5, 0.6) is 0 Å². The summed E-state index contributed by atoms with van der Waals surface area (Å²) in [5.74, 6) is 0.859. The molecule has 1 unspecified atom stereocenters. The summed E-state index contributed by atoms with van der Waals surface area (Å²) in [6, 6.07) is 0. The van der Waals surface area contributed by atoms with E-state index in [1.54, 1.807) is 0 Å². The molecule has 0 bridgehead atoms. The maximum Gasteiger partial charge on any atom is 0.306 e. The van der Waals surface area contributed by atoms with E-state index in [0.717, 1.165) is 69.6 Å². The maximum atomic E-state index is 12.8. The molecule has 0 N–H and O–H groups in total. The molecule has 2 atom stereocenters. The van der Waals surface area contributed by atoms with Crippen LogP contribution in [0.4, 0.5) is 0 Å². The smallest absolute Gasteiger partial charge is 0.306 e. The van der Waals surface area contributed by atoms with Crippen LogP contribution in [0.1, 0.15) is 317 Å². The van der Waals surface area contributed by atoms with Crippen molar-refractivity contribution >= 4 is 17.9 Å². The van der Waals surface area contributed by atoms with Crippen LogP contribution in [-0.4, -0.2) is 37.2 Å². The van der Waals surface area contributed by atoms with E-state index in [1.807, 2.05) is 0 Å². The van der Waals surface area contributed by atoms with Crippen molar-refractivity contribution in [1.82, 2.24) is 0 Å². The summed E-state index contributed by atoms with van der Waals surface area (Å²) < 4.78 is 16.9. The Labute approximate surface area is 393 Å². The van der Waals surface area contributed by atoms with Gasteiger partial charge in [-0.05, 0) is 31.1 Å². The molecule has 0 spiro atoms.